The van der Waals surface area contributed by atoms with Crippen LogP contribution in [0.25, 0.3) is 0 Å². The van der Waals surface area contributed by atoms with Gasteiger partial charge in [0.25, 0.3) is 5.91 Å². The number of aryl methyl sites for hydroxylation is 1. The first kappa shape index (κ1) is 28.4. The minimum Gasteiger partial charge on any atom is -0.474 e. The minimum atomic E-state index is -1.46. The highest BCUT2D eigenvalue weighted by molar-refractivity contribution is 6.31. The van der Waals surface area contributed by atoms with Gasteiger partial charge < -0.3 is 15.3 Å². The van der Waals surface area contributed by atoms with Gasteiger partial charge in [0, 0.05) is 18.7 Å². The van der Waals surface area contributed by atoms with Crippen LogP contribution in [0.3, 0.4) is 0 Å². The van der Waals surface area contributed by atoms with Crippen LogP contribution in [0.15, 0.2) is 48.5 Å². The number of nitrogens with one attached hydrogen (secondary N) is 1. The Morgan fingerprint density at radius 1 is 0.892 bits per heavy atom. The number of unbranched alkanes of at least 4 members (excludes halogenated alkanes) is 9. The molecule has 0 aliphatic heterocycles. The standard InChI is InChI=1S/C31H42N2O4/c1-2-3-4-5-6-7-8-9-10-13-21-32-29(34)26-17-14-15-24(22-26)23-33(30(35)31(36)37)28-20-19-25-16-11-12-18-27(25)28/h11-12,14-18,22,28H,2-10,13,19-21,23H2,1H3,(H,32,34)(H,36,37). The molecule has 0 saturated carbocycles. The molecule has 2 N–H and O–H groups in total. The molecule has 1 atom stereocenters. The number of carboxylic acid groups (broad SMARTS) is 1. The van der Waals surface area contributed by atoms with Crippen molar-refractivity contribution in [3.63, 3.8) is 0 Å². The van der Waals surface area contributed by atoms with Gasteiger partial charge in [0.15, 0.2) is 0 Å². The number of fused-ring (bicyclic) bond motifs is 1. The second-order valence-electron chi connectivity index (χ2n) is 10.1. The summed E-state index contributed by atoms with van der Waals surface area (Å²) in [5.74, 6) is -2.52. The van der Waals surface area contributed by atoms with Crippen LogP contribution in [0.4, 0.5) is 0 Å². The molecule has 0 radical (unpaired) electrons. The Balaban J connectivity index is 1.48. The van der Waals surface area contributed by atoms with E-state index in [-0.39, 0.29) is 18.5 Å². The second kappa shape index (κ2) is 15.2. The smallest absolute Gasteiger partial charge is 0.394 e. The Kier molecular flexibility index (Phi) is 11.7. The van der Waals surface area contributed by atoms with Crippen molar-refractivity contribution in [2.24, 2.45) is 0 Å². The lowest BCUT2D eigenvalue weighted by atomic mass is 10.0. The maximum absolute atomic E-state index is 12.7. The number of carboxylic acids is 1. The third kappa shape index (κ3) is 8.73. The zero-order valence-corrected chi connectivity index (χ0v) is 22.2. The van der Waals surface area contributed by atoms with Crippen molar-refractivity contribution in [2.45, 2.75) is 96.6 Å². The Morgan fingerprint density at radius 2 is 1.57 bits per heavy atom. The highest BCUT2D eigenvalue weighted by atomic mass is 16.4. The van der Waals surface area contributed by atoms with Gasteiger partial charge in [-0.25, -0.2) is 4.79 Å². The van der Waals surface area contributed by atoms with E-state index in [1.807, 2.05) is 30.3 Å². The number of benzene rings is 2. The van der Waals surface area contributed by atoms with E-state index in [0.717, 1.165) is 36.0 Å². The highest BCUT2D eigenvalue weighted by Gasteiger charge is 2.33. The maximum Gasteiger partial charge on any atom is 0.394 e. The van der Waals surface area contributed by atoms with Gasteiger partial charge in [-0.3, -0.25) is 9.59 Å². The summed E-state index contributed by atoms with van der Waals surface area (Å²) in [4.78, 5) is 38.4. The lowest BCUT2D eigenvalue weighted by Gasteiger charge is -2.28. The van der Waals surface area contributed by atoms with E-state index in [9.17, 15) is 19.5 Å². The van der Waals surface area contributed by atoms with Gasteiger partial charge in [0.2, 0.25) is 0 Å². The number of aliphatic carboxylic acids is 1. The van der Waals surface area contributed by atoms with E-state index in [1.54, 1.807) is 18.2 Å². The first-order valence-corrected chi connectivity index (χ1v) is 14.0. The molecule has 2 amide bonds. The van der Waals surface area contributed by atoms with Crippen molar-refractivity contribution in [3.8, 4) is 0 Å². The molecule has 200 valence electrons. The first-order chi connectivity index (χ1) is 18.0. The fourth-order valence-electron chi connectivity index (χ4n) is 5.23. The zero-order valence-electron chi connectivity index (χ0n) is 22.2. The Morgan fingerprint density at radius 3 is 2.27 bits per heavy atom. The molecule has 3 rings (SSSR count). The van der Waals surface area contributed by atoms with E-state index in [1.165, 1.54) is 56.3 Å². The Hall–Kier alpha value is -3.15. The largest absolute Gasteiger partial charge is 0.474 e. The average molecular weight is 507 g/mol. The number of hydrogen-bond donors (Lipinski definition) is 2. The third-order valence-corrected chi connectivity index (χ3v) is 7.28. The van der Waals surface area contributed by atoms with Gasteiger partial charge in [0.05, 0.1) is 6.04 Å². The molecule has 1 aliphatic carbocycles. The van der Waals surface area contributed by atoms with Crippen LogP contribution in [-0.2, 0) is 22.6 Å². The fourth-order valence-corrected chi connectivity index (χ4v) is 5.23. The number of carbonyl (C=O) groups is 3. The molecule has 0 spiro atoms. The number of nitrogens with zero attached hydrogens (tertiary/aromatic N) is 1. The summed E-state index contributed by atoms with van der Waals surface area (Å²) < 4.78 is 0. The van der Waals surface area contributed by atoms with Crippen LogP contribution in [0.1, 0.15) is 111 Å². The van der Waals surface area contributed by atoms with Crippen molar-refractivity contribution in [1.29, 1.82) is 0 Å². The van der Waals surface area contributed by atoms with E-state index in [2.05, 4.69) is 12.2 Å². The van der Waals surface area contributed by atoms with E-state index >= 15 is 0 Å². The molecular weight excluding hydrogens is 464 g/mol. The van der Waals surface area contributed by atoms with Gasteiger partial charge in [0.1, 0.15) is 0 Å². The number of rotatable bonds is 15. The SMILES string of the molecule is CCCCCCCCCCCCNC(=O)c1cccc(CN(C(=O)C(=O)O)C2CCc3ccccc32)c1. The first-order valence-electron chi connectivity index (χ1n) is 14.0. The van der Waals surface area contributed by atoms with Gasteiger partial charge >= 0.3 is 11.9 Å². The lowest BCUT2D eigenvalue weighted by Crippen LogP contribution is -2.38. The summed E-state index contributed by atoms with van der Waals surface area (Å²) in [5.41, 5.74) is 3.42. The number of amides is 2. The topological polar surface area (TPSA) is 86.7 Å². The molecule has 2 aromatic carbocycles. The van der Waals surface area contributed by atoms with Crippen LogP contribution in [0.2, 0.25) is 0 Å². The summed E-state index contributed by atoms with van der Waals surface area (Å²) in [5, 5.41) is 12.5. The molecule has 0 bridgehead atoms. The van der Waals surface area contributed by atoms with Crippen molar-refractivity contribution in [1.82, 2.24) is 10.2 Å². The summed E-state index contributed by atoms with van der Waals surface area (Å²) >= 11 is 0. The minimum absolute atomic E-state index is 0.139. The quantitative estimate of drug-likeness (QED) is 0.215. The Bertz CT molecular complexity index is 1040. The summed E-state index contributed by atoms with van der Waals surface area (Å²) in [7, 11) is 0. The molecule has 0 aromatic heterocycles. The molecule has 1 unspecified atom stereocenters. The fraction of sp³-hybridized carbons (Fsp3) is 0.516. The molecule has 6 heteroatoms. The number of carbonyl (C=O) groups excluding carboxylic acids is 2. The van der Waals surface area contributed by atoms with E-state index in [0.29, 0.717) is 18.5 Å². The van der Waals surface area contributed by atoms with Crippen LogP contribution >= 0.6 is 0 Å². The molecule has 2 aromatic rings. The summed E-state index contributed by atoms with van der Waals surface area (Å²) in [6.07, 6.45) is 14.0. The maximum atomic E-state index is 12.7. The molecule has 0 saturated heterocycles. The van der Waals surface area contributed by atoms with Crippen molar-refractivity contribution in [2.75, 3.05) is 6.54 Å². The predicted octanol–water partition coefficient (Wildman–Crippen LogP) is 6.44. The van der Waals surface area contributed by atoms with Gasteiger partial charge in [-0.15, -0.1) is 0 Å². The molecule has 6 nitrogen and oxygen atoms in total. The van der Waals surface area contributed by atoms with Crippen molar-refractivity contribution < 1.29 is 19.5 Å². The predicted molar refractivity (Wildman–Crippen MR) is 146 cm³/mol. The lowest BCUT2D eigenvalue weighted by molar-refractivity contribution is -0.157. The van der Waals surface area contributed by atoms with Crippen molar-refractivity contribution >= 4 is 17.8 Å². The van der Waals surface area contributed by atoms with Crippen LogP contribution in [-0.4, -0.2) is 34.3 Å². The van der Waals surface area contributed by atoms with Crippen LogP contribution in [0, 0.1) is 0 Å². The van der Waals surface area contributed by atoms with Gasteiger partial charge in [-0.1, -0.05) is 101 Å². The second-order valence-corrected chi connectivity index (χ2v) is 10.1. The average Bonchev–Trinajstić information content (AvgIpc) is 3.34. The monoisotopic (exact) mass is 506 g/mol. The van der Waals surface area contributed by atoms with E-state index in [4.69, 9.17) is 0 Å². The molecule has 0 fully saturated rings. The van der Waals surface area contributed by atoms with Gasteiger partial charge in [-0.05, 0) is 48.1 Å². The molecule has 1 aliphatic rings. The highest BCUT2D eigenvalue weighted by Crippen LogP contribution is 2.36. The summed E-state index contributed by atoms with van der Waals surface area (Å²) in [6, 6.07) is 14.7. The summed E-state index contributed by atoms with van der Waals surface area (Å²) in [6.45, 7) is 3.02. The van der Waals surface area contributed by atoms with Crippen molar-refractivity contribution in [3.05, 3.63) is 70.8 Å². The molecule has 0 heterocycles. The van der Waals surface area contributed by atoms with Gasteiger partial charge in [-0.2, -0.15) is 0 Å². The normalized spacial score (nSPS) is 14.2. The Labute approximate surface area is 221 Å². The molecule has 37 heavy (non-hydrogen) atoms. The van der Waals surface area contributed by atoms with Crippen LogP contribution < -0.4 is 5.32 Å². The number of hydrogen-bond acceptors (Lipinski definition) is 3. The van der Waals surface area contributed by atoms with Crippen LogP contribution in [0.5, 0.6) is 0 Å². The zero-order chi connectivity index (χ0) is 26.5. The third-order valence-electron chi connectivity index (χ3n) is 7.28. The molecular formula is C31H42N2O4. The van der Waals surface area contributed by atoms with E-state index < -0.39 is 11.9 Å².